The summed E-state index contributed by atoms with van der Waals surface area (Å²) in [6.45, 7) is 8.01. The first-order valence-electron chi connectivity index (χ1n) is 10.0. The van der Waals surface area contributed by atoms with Crippen molar-refractivity contribution in [1.29, 1.82) is 0 Å². The Hall–Kier alpha value is -3.41. The van der Waals surface area contributed by atoms with Crippen LogP contribution >= 0.6 is 0 Å². The highest BCUT2D eigenvalue weighted by atomic mass is 15.3. The zero-order chi connectivity index (χ0) is 19.8. The summed E-state index contributed by atoms with van der Waals surface area (Å²) in [5.41, 5.74) is 5.39. The van der Waals surface area contributed by atoms with Crippen LogP contribution in [0.5, 0.6) is 0 Å². The predicted octanol–water partition coefficient (Wildman–Crippen LogP) is 3.73. The van der Waals surface area contributed by atoms with E-state index in [1.165, 1.54) is 5.69 Å². The minimum Gasteiger partial charge on any atom is -0.368 e. The zero-order valence-electron chi connectivity index (χ0n) is 16.8. The molecule has 0 spiro atoms. The fourth-order valence-corrected chi connectivity index (χ4v) is 3.96. The predicted molar refractivity (Wildman–Crippen MR) is 117 cm³/mol. The number of nitrogens with zero attached hydrogens (tertiary/aromatic N) is 6. The Morgan fingerprint density at radius 3 is 2.41 bits per heavy atom. The molecule has 0 saturated carbocycles. The van der Waals surface area contributed by atoms with Crippen LogP contribution in [-0.4, -0.2) is 45.5 Å². The molecule has 4 aromatic rings. The van der Waals surface area contributed by atoms with Crippen molar-refractivity contribution in [2.45, 2.75) is 13.8 Å². The normalized spacial score (nSPS) is 14.6. The molecule has 1 aliphatic heterocycles. The van der Waals surface area contributed by atoms with Crippen LogP contribution in [0.2, 0.25) is 0 Å². The molecule has 0 unspecified atom stereocenters. The molecule has 6 nitrogen and oxygen atoms in total. The molecule has 0 radical (unpaired) electrons. The summed E-state index contributed by atoms with van der Waals surface area (Å²) in [5.74, 6) is 1.78. The van der Waals surface area contributed by atoms with Gasteiger partial charge in [-0.3, -0.25) is 0 Å². The second kappa shape index (κ2) is 7.20. The lowest BCUT2D eigenvalue weighted by molar-refractivity contribution is 0.646. The number of aryl methyl sites for hydroxylation is 2. The smallest absolute Gasteiger partial charge is 0.163 e. The van der Waals surface area contributed by atoms with E-state index in [4.69, 9.17) is 9.97 Å². The Morgan fingerprint density at radius 1 is 0.862 bits per heavy atom. The summed E-state index contributed by atoms with van der Waals surface area (Å²) in [5, 5.41) is 0. The number of hydrogen-bond donors (Lipinski definition) is 0. The first-order chi connectivity index (χ1) is 14.2. The van der Waals surface area contributed by atoms with Crippen molar-refractivity contribution >= 4 is 17.2 Å². The van der Waals surface area contributed by atoms with E-state index in [0.717, 1.165) is 60.3 Å². The van der Waals surface area contributed by atoms with Crippen molar-refractivity contribution in [2.24, 2.45) is 0 Å². The Labute approximate surface area is 170 Å². The molecule has 29 heavy (non-hydrogen) atoms. The van der Waals surface area contributed by atoms with E-state index in [1.807, 2.05) is 23.7 Å². The molecule has 0 aliphatic carbocycles. The third-order valence-corrected chi connectivity index (χ3v) is 5.54. The van der Waals surface area contributed by atoms with E-state index < -0.39 is 0 Å². The number of piperazine rings is 1. The molecular weight excluding hydrogens is 360 g/mol. The lowest BCUT2D eigenvalue weighted by atomic mass is 10.1. The highest BCUT2D eigenvalue weighted by Crippen LogP contribution is 2.25. The SMILES string of the molecule is Cc1cc(N2CCN(c3ccccc3)CC2)nc(-c2cn3ccnc3cc2C)n1. The van der Waals surface area contributed by atoms with E-state index in [-0.39, 0.29) is 0 Å². The molecule has 0 bridgehead atoms. The van der Waals surface area contributed by atoms with Gasteiger partial charge in [0.25, 0.3) is 0 Å². The van der Waals surface area contributed by atoms with E-state index >= 15 is 0 Å². The molecule has 5 rings (SSSR count). The van der Waals surface area contributed by atoms with Crippen LogP contribution in [0.3, 0.4) is 0 Å². The summed E-state index contributed by atoms with van der Waals surface area (Å²) in [4.78, 5) is 18.8. The maximum absolute atomic E-state index is 4.94. The molecule has 1 fully saturated rings. The van der Waals surface area contributed by atoms with Crippen molar-refractivity contribution < 1.29 is 0 Å². The van der Waals surface area contributed by atoms with Gasteiger partial charge in [-0.15, -0.1) is 0 Å². The fourth-order valence-electron chi connectivity index (χ4n) is 3.96. The van der Waals surface area contributed by atoms with Crippen molar-refractivity contribution in [2.75, 3.05) is 36.0 Å². The van der Waals surface area contributed by atoms with Crippen molar-refractivity contribution in [3.8, 4) is 11.4 Å². The van der Waals surface area contributed by atoms with Gasteiger partial charge in [0.2, 0.25) is 0 Å². The number of hydrogen-bond acceptors (Lipinski definition) is 5. The van der Waals surface area contributed by atoms with E-state index in [9.17, 15) is 0 Å². The van der Waals surface area contributed by atoms with Crippen LogP contribution in [0.25, 0.3) is 17.0 Å². The first kappa shape index (κ1) is 17.7. The lowest BCUT2D eigenvalue weighted by Crippen LogP contribution is -2.46. The minimum atomic E-state index is 0.776. The molecule has 1 aromatic carbocycles. The number of aromatic nitrogens is 4. The summed E-state index contributed by atoms with van der Waals surface area (Å²) in [6.07, 6.45) is 5.84. The fraction of sp³-hybridized carbons (Fsp3) is 0.261. The van der Waals surface area contributed by atoms with Crippen molar-refractivity contribution in [3.05, 3.63) is 72.3 Å². The molecular formula is C23H24N6. The van der Waals surface area contributed by atoms with Crippen molar-refractivity contribution in [3.63, 3.8) is 0 Å². The van der Waals surface area contributed by atoms with Crippen molar-refractivity contribution in [1.82, 2.24) is 19.4 Å². The van der Waals surface area contributed by atoms with Gasteiger partial charge in [0, 0.05) is 67.8 Å². The quantitative estimate of drug-likeness (QED) is 0.539. The van der Waals surface area contributed by atoms with E-state index in [1.54, 1.807) is 0 Å². The molecule has 6 heteroatoms. The Kier molecular flexibility index (Phi) is 4.39. The molecule has 0 N–H and O–H groups in total. The number of fused-ring (bicyclic) bond motifs is 1. The van der Waals surface area contributed by atoms with Gasteiger partial charge in [0.1, 0.15) is 11.5 Å². The highest BCUT2D eigenvalue weighted by molar-refractivity contribution is 5.64. The van der Waals surface area contributed by atoms with E-state index in [2.05, 4.69) is 70.4 Å². The van der Waals surface area contributed by atoms with Gasteiger partial charge >= 0.3 is 0 Å². The van der Waals surface area contributed by atoms with Crippen LogP contribution < -0.4 is 9.80 Å². The van der Waals surface area contributed by atoms with Gasteiger partial charge in [0.05, 0.1) is 0 Å². The average molecular weight is 384 g/mol. The monoisotopic (exact) mass is 384 g/mol. The van der Waals surface area contributed by atoms with Gasteiger partial charge in [-0.25, -0.2) is 15.0 Å². The molecule has 146 valence electrons. The number of para-hydroxylation sites is 1. The standard InChI is InChI=1S/C23H24N6/c1-17-14-21-24-8-9-29(21)16-20(17)23-25-18(2)15-22(26-23)28-12-10-27(11-13-28)19-6-4-3-5-7-19/h3-9,14-16H,10-13H2,1-2H3. The second-order valence-corrected chi connectivity index (χ2v) is 7.56. The van der Waals surface area contributed by atoms with Gasteiger partial charge in [-0.05, 0) is 37.6 Å². The molecule has 4 heterocycles. The minimum absolute atomic E-state index is 0.776. The van der Waals surface area contributed by atoms with E-state index in [0.29, 0.717) is 0 Å². The summed E-state index contributed by atoms with van der Waals surface area (Å²) < 4.78 is 2.02. The topological polar surface area (TPSA) is 49.6 Å². The Balaban J connectivity index is 1.42. The van der Waals surface area contributed by atoms with Crippen LogP contribution in [-0.2, 0) is 0 Å². The highest BCUT2D eigenvalue weighted by Gasteiger charge is 2.20. The summed E-state index contributed by atoms with van der Waals surface area (Å²) in [7, 11) is 0. The third-order valence-electron chi connectivity index (χ3n) is 5.54. The van der Waals surface area contributed by atoms with Crippen LogP contribution in [0.1, 0.15) is 11.3 Å². The molecule has 0 atom stereocenters. The van der Waals surface area contributed by atoms with Crippen LogP contribution in [0.15, 0.2) is 61.1 Å². The first-order valence-corrected chi connectivity index (χ1v) is 10.0. The maximum atomic E-state index is 4.94. The number of rotatable bonds is 3. The average Bonchev–Trinajstić information content (AvgIpc) is 3.21. The summed E-state index contributed by atoms with van der Waals surface area (Å²) >= 11 is 0. The molecule has 1 saturated heterocycles. The number of imidazole rings is 1. The van der Waals surface area contributed by atoms with Crippen LogP contribution in [0, 0.1) is 13.8 Å². The lowest BCUT2D eigenvalue weighted by Gasteiger charge is -2.36. The van der Waals surface area contributed by atoms with Gasteiger partial charge in [0.15, 0.2) is 5.82 Å². The molecule has 1 aliphatic rings. The maximum Gasteiger partial charge on any atom is 0.163 e. The summed E-state index contributed by atoms with van der Waals surface area (Å²) in [6, 6.07) is 14.8. The largest absolute Gasteiger partial charge is 0.368 e. The number of anilines is 2. The Morgan fingerprint density at radius 2 is 1.62 bits per heavy atom. The number of benzene rings is 1. The van der Waals surface area contributed by atoms with Crippen LogP contribution in [0.4, 0.5) is 11.5 Å². The second-order valence-electron chi connectivity index (χ2n) is 7.56. The molecule has 3 aromatic heterocycles. The van der Waals surface area contributed by atoms with Gasteiger partial charge in [-0.1, -0.05) is 18.2 Å². The van der Waals surface area contributed by atoms with Gasteiger partial charge in [-0.2, -0.15) is 0 Å². The Bertz CT molecular complexity index is 1140. The molecule has 0 amide bonds. The zero-order valence-corrected chi connectivity index (χ0v) is 16.8. The third kappa shape index (κ3) is 3.42. The number of pyridine rings is 1. The van der Waals surface area contributed by atoms with Gasteiger partial charge < -0.3 is 14.2 Å².